The maximum atomic E-state index is 14.7. The highest BCUT2D eigenvalue weighted by molar-refractivity contribution is 8.17. The Morgan fingerprint density at radius 2 is 2.14 bits per heavy atom. The van der Waals surface area contributed by atoms with E-state index in [4.69, 9.17) is 0 Å². The van der Waals surface area contributed by atoms with Crippen LogP contribution in [0.3, 0.4) is 0 Å². The fourth-order valence-corrected chi connectivity index (χ4v) is 6.11. The lowest BCUT2D eigenvalue weighted by molar-refractivity contribution is 0.345. The molecule has 4 heteroatoms. The molecule has 152 valence electrons. The average molecular weight is 409 g/mol. The van der Waals surface area contributed by atoms with Gasteiger partial charge in [0, 0.05) is 28.8 Å². The first-order valence-electron chi connectivity index (χ1n) is 10.6. The Kier molecular flexibility index (Phi) is 6.44. The van der Waals surface area contributed by atoms with Gasteiger partial charge in [0.1, 0.15) is 5.83 Å². The number of halogens is 1. The van der Waals surface area contributed by atoms with E-state index in [-0.39, 0.29) is 5.83 Å². The van der Waals surface area contributed by atoms with Gasteiger partial charge in [0.15, 0.2) is 0 Å². The van der Waals surface area contributed by atoms with Crippen molar-refractivity contribution in [2.75, 3.05) is 13.1 Å². The van der Waals surface area contributed by atoms with Crippen molar-refractivity contribution in [1.29, 1.82) is 0 Å². The van der Waals surface area contributed by atoms with Crippen LogP contribution < -0.4 is 5.32 Å². The third-order valence-corrected chi connectivity index (χ3v) is 7.83. The molecule has 0 bridgehead atoms. The first kappa shape index (κ1) is 20.3. The zero-order valence-electron chi connectivity index (χ0n) is 17.1. The second kappa shape index (κ2) is 9.21. The van der Waals surface area contributed by atoms with Gasteiger partial charge in [-0.3, -0.25) is 4.98 Å². The van der Waals surface area contributed by atoms with Crippen molar-refractivity contribution in [1.82, 2.24) is 10.3 Å². The number of hydrogen-bond donors (Lipinski definition) is 1. The van der Waals surface area contributed by atoms with E-state index in [0.29, 0.717) is 6.54 Å². The Labute approximate surface area is 175 Å². The van der Waals surface area contributed by atoms with Gasteiger partial charge in [-0.25, -0.2) is 4.39 Å². The van der Waals surface area contributed by atoms with Crippen molar-refractivity contribution >= 4 is 27.2 Å². The standard InChI is InChI=1S/C25H29FN2S/c1-18-8-6-11-22-23(18)16-28-19(2)25(22)29-13-7-12-24(26)21(17-29)15-27-14-20-9-4-3-5-10-20/h6-7,11-12,16-17,20,27H,1,3-5,8-10,14-15H2,2H3. The lowest BCUT2D eigenvalue weighted by atomic mass is 9.89. The first-order valence-corrected chi connectivity index (χ1v) is 11.9. The minimum atomic E-state index is -0.455. The summed E-state index contributed by atoms with van der Waals surface area (Å²) < 4.78 is 14.7. The van der Waals surface area contributed by atoms with E-state index in [1.54, 1.807) is 6.08 Å². The van der Waals surface area contributed by atoms with Crippen LogP contribution >= 0.6 is 10.5 Å². The van der Waals surface area contributed by atoms with Crippen molar-refractivity contribution in [3.8, 4) is 0 Å². The number of aromatic nitrogens is 1. The summed E-state index contributed by atoms with van der Waals surface area (Å²) in [7, 11) is -0.455. The van der Waals surface area contributed by atoms with Gasteiger partial charge in [0.05, 0.1) is 5.69 Å². The van der Waals surface area contributed by atoms with Gasteiger partial charge >= 0.3 is 0 Å². The van der Waals surface area contributed by atoms with Gasteiger partial charge < -0.3 is 5.32 Å². The number of nitrogens with zero attached hydrogens (tertiary/aromatic N) is 1. The predicted octanol–water partition coefficient (Wildman–Crippen LogP) is 6.33. The van der Waals surface area contributed by atoms with Gasteiger partial charge in [-0.2, -0.15) is 0 Å². The summed E-state index contributed by atoms with van der Waals surface area (Å²) in [5.41, 5.74) is 5.04. The topological polar surface area (TPSA) is 24.9 Å². The molecule has 3 aliphatic rings. The molecule has 1 atom stereocenters. The van der Waals surface area contributed by atoms with E-state index < -0.39 is 10.5 Å². The molecule has 0 radical (unpaired) electrons. The minimum Gasteiger partial charge on any atom is -0.312 e. The lowest BCUT2D eigenvalue weighted by Crippen LogP contribution is -2.26. The minimum absolute atomic E-state index is 0.168. The van der Waals surface area contributed by atoms with Crippen molar-refractivity contribution < 1.29 is 4.39 Å². The van der Waals surface area contributed by atoms with Crippen LogP contribution in [-0.4, -0.2) is 23.1 Å². The molecule has 1 aromatic rings. The molecule has 1 fully saturated rings. The van der Waals surface area contributed by atoms with Crippen LogP contribution in [0, 0.1) is 12.8 Å². The van der Waals surface area contributed by atoms with E-state index in [1.807, 2.05) is 18.5 Å². The van der Waals surface area contributed by atoms with Crippen molar-refractivity contribution in [3.05, 3.63) is 64.6 Å². The molecule has 2 heterocycles. The summed E-state index contributed by atoms with van der Waals surface area (Å²) >= 11 is 0. The Bertz CT molecular complexity index is 971. The number of allylic oxidation sites excluding steroid dienone is 4. The third-order valence-electron chi connectivity index (χ3n) is 5.97. The molecule has 0 spiro atoms. The number of hydrogen-bond acceptors (Lipinski definition) is 2. The van der Waals surface area contributed by atoms with Crippen molar-refractivity contribution in [3.63, 3.8) is 0 Å². The molecule has 1 saturated carbocycles. The van der Waals surface area contributed by atoms with E-state index in [2.05, 4.69) is 34.1 Å². The Morgan fingerprint density at radius 3 is 2.97 bits per heavy atom. The van der Waals surface area contributed by atoms with Crippen LogP contribution in [0.25, 0.3) is 11.6 Å². The average Bonchev–Trinajstić information content (AvgIpc) is 2.90. The monoisotopic (exact) mass is 408 g/mol. The molecule has 1 aromatic heterocycles. The molecule has 2 aliphatic carbocycles. The maximum absolute atomic E-state index is 14.7. The van der Waals surface area contributed by atoms with Crippen molar-refractivity contribution in [2.24, 2.45) is 5.92 Å². The zero-order valence-corrected chi connectivity index (χ0v) is 18.0. The summed E-state index contributed by atoms with van der Waals surface area (Å²) in [6, 6.07) is 0. The summed E-state index contributed by atoms with van der Waals surface area (Å²) in [5, 5.41) is 8.93. The van der Waals surface area contributed by atoms with Gasteiger partial charge in [0.25, 0.3) is 0 Å². The number of aryl methyl sites for hydroxylation is 1. The molecule has 1 aliphatic heterocycles. The quantitative estimate of drug-likeness (QED) is 0.576. The smallest absolute Gasteiger partial charge is 0.128 e. The van der Waals surface area contributed by atoms with E-state index in [9.17, 15) is 4.39 Å². The fraction of sp³-hybridized carbons (Fsp3) is 0.400. The lowest BCUT2D eigenvalue weighted by Gasteiger charge is -2.22. The summed E-state index contributed by atoms with van der Waals surface area (Å²) in [5.74, 6) is 0.563. The second-order valence-electron chi connectivity index (χ2n) is 8.13. The SMILES string of the molecule is C=C1CC=Cc2c1cnc(C)c2S1=C=CC=C(F)C(CNCC2CCCCC2)=C1. The molecule has 4 rings (SSSR count). The molecule has 0 saturated heterocycles. The van der Waals surface area contributed by atoms with Crippen LogP contribution in [0.2, 0.25) is 0 Å². The fourth-order valence-electron chi connectivity index (χ4n) is 4.33. The summed E-state index contributed by atoms with van der Waals surface area (Å²) in [6.45, 7) is 7.75. The predicted molar refractivity (Wildman–Crippen MR) is 124 cm³/mol. The Morgan fingerprint density at radius 1 is 1.31 bits per heavy atom. The van der Waals surface area contributed by atoms with Crippen LogP contribution in [-0.2, 0) is 0 Å². The number of pyridine rings is 1. The highest BCUT2D eigenvalue weighted by atomic mass is 32.2. The highest BCUT2D eigenvalue weighted by Gasteiger charge is 2.19. The van der Waals surface area contributed by atoms with Crippen LogP contribution in [0.4, 0.5) is 4.39 Å². The largest absolute Gasteiger partial charge is 0.312 e. The summed E-state index contributed by atoms with van der Waals surface area (Å²) in [4.78, 5) is 5.75. The van der Waals surface area contributed by atoms with Gasteiger partial charge in [-0.15, -0.1) is 0 Å². The molecular formula is C25H29FN2S. The molecule has 0 amide bonds. The van der Waals surface area contributed by atoms with Crippen molar-refractivity contribution in [2.45, 2.75) is 50.3 Å². The van der Waals surface area contributed by atoms with E-state index >= 15 is 0 Å². The van der Waals surface area contributed by atoms with Crippen LogP contribution in [0.15, 0.2) is 52.7 Å². The molecule has 2 nitrogen and oxygen atoms in total. The molecular weight excluding hydrogens is 379 g/mol. The van der Waals surface area contributed by atoms with E-state index in [0.717, 1.165) is 51.7 Å². The van der Waals surface area contributed by atoms with E-state index in [1.165, 1.54) is 38.2 Å². The number of rotatable bonds is 5. The maximum Gasteiger partial charge on any atom is 0.128 e. The molecule has 29 heavy (non-hydrogen) atoms. The molecule has 1 unspecified atom stereocenters. The highest BCUT2D eigenvalue weighted by Crippen LogP contribution is 2.40. The Hall–Kier alpha value is -2.00. The normalized spacial score (nSPS) is 21.9. The molecule has 0 aromatic carbocycles. The third kappa shape index (κ3) is 4.61. The van der Waals surface area contributed by atoms with Crippen LogP contribution in [0.5, 0.6) is 0 Å². The van der Waals surface area contributed by atoms with Gasteiger partial charge in [0.2, 0.25) is 0 Å². The van der Waals surface area contributed by atoms with Gasteiger partial charge in [-0.1, -0.05) is 53.5 Å². The second-order valence-corrected chi connectivity index (χ2v) is 9.68. The summed E-state index contributed by atoms with van der Waals surface area (Å²) in [6.07, 6.45) is 16.9. The zero-order chi connectivity index (χ0) is 20.2. The number of nitrogens with one attached hydrogen (secondary N) is 1. The Balaban J connectivity index is 1.59. The van der Waals surface area contributed by atoms with Crippen LogP contribution in [0.1, 0.15) is 55.3 Å². The first-order chi connectivity index (χ1) is 14.1. The number of fused-ring (bicyclic) bond motifs is 1. The molecule has 1 N–H and O–H groups in total. The van der Waals surface area contributed by atoms with Gasteiger partial charge in [-0.05, 0) is 67.3 Å².